The number of rotatable bonds is 2. The van der Waals surface area contributed by atoms with E-state index in [0.717, 1.165) is 29.3 Å². The molecule has 96 valence electrons. The lowest BCUT2D eigenvalue weighted by atomic mass is 9.94. The van der Waals surface area contributed by atoms with E-state index in [0.29, 0.717) is 10.6 Å². The topological polar surface area (TPSA) is 17.1 Å². The van der Waals surface area contributed by atoms with E-state index in [4.69, 9.17) is 11.6 Å². The molecule has 0 unspecified atom stereocenters. The summed E-state index contributed by atoms with van der Waals surface area (Å²) >= 11 is 9.32. The summed E-state index contributed by atoms with van der Waals surface area (Å²) in [5.41, 5.74) is 1.67. The summed E-state index contributed by atoms with van der Waals surface area (Å²) in [6.07, 6.45) is 8.85. The number of halogens is 2. The quantitative estimate of drug-likeness (QED) is 0.649. The van der Waals surface area contributed by atoms with E-state index in [-0.39, 0.29) is 5.78 Å². The Morgan fingerprint density at radius 1 is 1.17 bits per heavy atom. The summed E-state index contributed by atoms with van der Waals surface area (Å²) in [5.74, 6) is 0.139. The van der Waals surface area contributed by atoms with Crippen molar-refractivity contribution in [1.82, 2.24) is 0 Å². The van der Waals surface area contributed by atoms with Gasteiger partial charge in [0.2, 0.25) is 0 Å². The van der Waals surface area contributed by atoms with Gasteiger partial charge < -0.3 is 0 Å². The van der Waals surface area contributed by atoms with Crippen LogP contribution in [0.3, 0.4) is 0 Å². The molecular formula is C15H16BrClO. The second-order valence-corrected chi connectivity index (χ2v) is 5.93. The molecule has 1 aromatic carbocycles. The molecule has 1 aliphatic rings. The Bertz CT molecular complexity index is 479. The average Bonchev–Trinajstić information content (AvgIpc) is 2.27. The van der Waals surface area contributed by atoms with Crippen molar-refractivity contribution in [3.05, 3.63) is 44.9 Å². The minimum absolute atomic E-state index is 0.139. The Labute approximate surface area is 121 Å². The molecule has 0 saturated carbocycles. The average molecular weight is 328 g/mol. The molecule has 1 aliphatic carbocycles. The van der Waals surface area contributed by atoms with Crippen molar-refractivity contribution in [3.8, 4) is 0 Å². The number of hydrogen-bond donors (Lipinski definition) is 0. The zero-order valence-corrected chi connectivity index (χ0v) is 12.6. The first kappa shape index (κ1) is 13.8. The van der Waals surface area contributed by atoms with E-state index in [1.807, 2.05) is 0 Å². The van der Waals surface area contributed by atoms with Crippen molar-refractivity contribution in [2.75, 3.05) is 0 Å². The highest BCUT2D eigenvalue weighted by molar-refractivity contribution is 9.10. The van der Waals surface area contributed by atoms with Crippen molar-refractivity contribution in [2.24, 2.45) is 0 Å². The van der Waals surface area contributed by atoms with Gasteiger partial charge in [-0.25, -0.2) is 0 Å². The van der Waals surface area contributed by atoms with E-state index in [2.05, 4.69) is 22.0 Å². The maximum absolute atomic E-state index is 12.5. The monoisotopic (exact) mass is 326 g/mol. The predicted molar refractivity (Wildman–Crippen MR) is 79.3 cm³/mol. The van der Waals surface area contributed by atoms with Crippen LogP contribution >= 0.6 is 27.5 Å². The normalized spacial score (nSPS) is 19.6. The molecule has 3 heteroatoms. The van der Waals surface area contributed by atoms with Crippen LogP contribution in [0.25, 0.3) is 0 Å². The number of carbonyl (C=O) groups is 1. The van der Waals surface area contributed by atoms with E-state index in [1.165, 1.54) is 19.3 Å². The van der Waals surface area contributed by atoms with Gasteiger partial charge in [0.25, 0.3) is 0 Å². The third-order valence-corrected chi connectivity index (χ3v) is 4.15. The molecule has 0 atom stereocenters. The van der Waals surface area contributed by atoms with Crippen molar-refractivity contribution in [3.63, 3.8) is 0 Å². The number of ketones is 1. The van der Waals surface area contributed by atoms with Gasteiger partial charge in [0.15, 0.2) is 5.78 Å². The third kappa shape index (κ3) is 3.46. The van der Waals surface area contributed by atoms with E-state index in [1.54, 1.807) is 18.2 Å². The summed E-state index contributed by atoms with van der Waals surface area (Å²) in [6.45, 7) is 0. The molecule has 1 aromatic rings. The fourth-order valence-corrected chi connectivity index (χ4v) is 3.11. The van der Waals surface area contributed by atoms with Crippen LogP contribution in [-0.2, 0) is 0 Å². The van der Waals surface area contributed by atoms with Gasteiger partial charge in [-0.3, -0.25) is 4.79 Å². The van der Waals surface area contributed by atoms with Gasteiger partial charge in [0.1, 0.15) is 0 Å². The highest BCUT2D eigenvalue weighted by atomic mass is 79.9. The van der Waals surface area contributed by atoms with Gasteiger partial charge in [-0.15, -0.1) is 0 Å². The fourth-order valence-electron chi connectivity index (χ4n) is 2.24. The first-order chi connectivity index (χ1) is 8.68. The van der Waals surface area contributed by atoms with Gasteiger partial charge in [-0.1, -0.05) is 30.5 Å². The molecule has 0 heterocycles. The summed E-state index contributed by atoms with van der Waals surface area (Å²) < 4.78 is 0.781. The first-order valence-electron chi connectivity index (χ1n) is 6.37. The lowest BCUT2D eigenvalue weighted by Crippen LogP contribution is -2.06. The molecule has 0 bridgehead atoms. The number of carbonyl (C=O) groups excluding carboxylic acids is 1. The summed E-state index contributed by atoms with van der Waals surface area (Å²) in [4.78, 5) is 12.5. The molecule has 0 fully saturated rings. The minimum atomic E-state index is 0.139. The third-order valence-electron chi connectivity index (χ3n) is 3.26. The Morgan fingerprint density at radius 3 is 2.72 bits per heavy atom. The molecular weight excluding hydrogens is 312 g/mol. The Morgan fingerprint density at radius 2 is 1.94 bits per heavy atom. The molecule has 2 rings (SSSR count). The van der Waals surface area contributed by atoms with Crippen LogP contribution in [0.15, 0.2) is 34.3 Å². The number of Topliss-reactive ketones (excluding diaryl/α,β-unsaturated/α-hetero) is 1. The Hall–Kier alpha value is -0.600. The van der Waals surface area contributed by atoms with E-state index in [9.17, 15) is 4.79 Å². The van der Waals surface area contributed by atoms with E-state index >= 15 is 0 Å². The smallest absolute Gasteiger partial charge is 0.189 e. The minimum Gasteiger partial charge on any atom is -0.289 e. The van der Waals surface area contributed by atoms with Gasteiger partial charge >= 0.3 is 0 Å². The zero-order valence-electron chi connectivity index (χ0n) is 10.2. The lowest BCUT2D eigenvalue weighted by molar-refractivity contribution is 0.102. The van der Waals surface area contributed by atoms with Crippen molar-refractivity contribution in [1.29, 1.82) is 0 Å². The SMILES string of the molecule is O=C(/C1=C/CCCCCC1)c1ccc(Cl)cc1Br. The maximum atomic E-state index is 12.5. The molecule has 0 amide bonds. The van der Waals surface area contributed by atoms with Crippen LogP contribution in [0.5, 0.6) is 0 Å². The van der Waals surface area contributed by atoms with Crippen LogP contribution in [0.1, 0.15) is 48.9 Å². The van der Waals surface area contributed by atoms with Crippen molar-refractivity contribution >= 4 is 33.3 Å². The highest BCUT2D eigenvalue weighted by Crippen LogP contribution is 2.26. The number of hydrogen-bond acceptors (Lipinski definition) is 1. The second kappa shape index (κ2) is 6.53. The molecule has 0 aliphatic heterocycles. The zero-order chi connectivity index (χ0) is 13.0. The predicted octanol–water partition coefficient (Wildman–Crippen LogP) is 5.57. The highest BCUT2D eigenvalue weighted by Gasteiger charge is 2.15. The van der Waals surface area contributed by atoms with Gasteiger partial charge in [0.05, 0.1) is 0 Å². The van der Waals surface area contributed by atoms with Gasteiger partial charge in [-0.05, 0) is 65.4 Å². The van der Waals surface area contributed by atoms with Crippen LogP contribution in [0, 0.1) is 0 Å². The standard InChI is InChI=1S/C15H16BrClO/c16-14-10-12(17)8-9-13(14)15(18)11-6-4-2-1-3-5-7-11/h6,8-10H,1-5,7H2/b11-6+. The van der Waals surface area contributed by atoms with Gasteiger partial charge in [-0.2, -0.15) is 0 Å². The number of allylic oxidation sites excluding steroid dienone is 2. The fraction of sp³-hybridized carbons (Fsp3) is 0.400. The van der Waals surface area contributed by atoms with Crippen LogP contribution in [0.4, 0.5) is 0 Å². The first-order valence-corrected chi connectivity index (χ1v) is 7.54. The summed E-state index contributed by atoms with van der Waals surface area (Å²) in [7, 11) is 0. The Kier molecular flexibility index (Phi) is 5.02. The molecule has 0 radical (unpaired) electrons. The van der Waals surface area contributed by atoms with Crippen LogP contribution in [-0.4, -0.2) is 5.78 Å². The van der Waals surface area contributed by atoms with Crippen molar-refractivity contribution < 1.29 is 4.79 Å². The van der Waals surface area contributed by atoms with Crippen LogP contribution in [0.2, 0.25) is 5.02 Å². The summed E-state index contributed by atoms with van der Waals surface area (Å²) in [5, 5.41) is 0.644. The molecule has 18 heavy (non-hydrogen) atoms. The number of benzene rings is 1. The van der Waals surface area contributed by atoms with Crippen molar-refractivity contribution in [2.45, 2.75) is 38.5 Å². The van der Waals surface area contributed by atoms with E-state index < -0.39 is 0 Å². The lowest BCUT2D eigenvalue weighted by Gasteiger charge is -2.11. The van der Waals surface area contributed by atoms with Crippen LogP contribution < -0.4 is 0 Å². The maximum Gasteiger partial charge on any atom is 0.189 e. The molecule has 0 spiro atoms. The largest absolute Gasteiger partial charge is 0.289 e. The molecule has 0 N–H and O–H groups in total. The Balaban J connectivity index is 2.23. The second-order valence-electron chi connectivity index (χ2n) is 4.64. The summed E-state index contributed by atoms with van der Waals surface area (Å²) in [6, 6.07) is 5.34. The van der Waals surface area contributed by atoms with Gasteiger partial charge in [0, 0.05) is 15.1 Å². The molecule has 1 nitrogen and oxygen atoms in total. The molecule has 0 aromatic heterocycles. The molecule has 0 saturated heterocycles.